The molecule has 3 atom stereocenters. The molecule has 0 aromatic heterocycles. The Hall–Kier alpha value is 0.360. The molecular weight excluding hydrogens is 272 g/mol. The first-order valence-electron chi connectivity index (χ1n) is 5.97. The molecule has 1 saturated carbocycles. The maximum absolute atomic E-state index is 5.84. The lowest BCUT2D eigenvalue weighted by Crippen LogP contribution is -2.53. The van der Waals surface area contributed by atoms with Crippen molar-refractivity contribution >= 4 is 15.9 Å². The minimum atomic E-state index is 0.298. The van der Waals surface area contributed by atoms with Crippen molar-refractivity contribution in [3.8, 4) is 0 Å². The highest BCUT2D eigenvalue weighted by atomic mass is 79.9. The number of methoxy groups -OCH3 is 1. The Kier molecular flexibility index (Phi) is 6.26. The zero-order valence-corrected chi connectivity index (χ0v) is 12.1. The van der Waals surface area contributed by atoms with E-state index in [0.717, 1.165) is 12.8 Å². The van der Waals surface area contributed by atoms with Gasteiger partial charge in [-0.3, -0.25) is 0 Å². The molecule has 0 aromatic rings. The number of rotatable bonds is 8. The van der Waals surface area contributed by atoms with Crippen molar-refractivity contribution in [1.29, 1.82) is 0 Å². The third-order valence-corrected chi connectivity index (χ3v) is 5.03. The molecule has 0 spiro atoms. The summed E-state index contributed by atoms with van der Waals surface area (Å²) in [6.45, 7) is 7.15. The molecule has 3 nitrogen and oxygen atoms in total. The molecule has 96 valence electrons. The zero-order chi connectivity index (χ0) is 12.0. The summed E-state index contributed by atoms with van der Waals surface area (Å²) in [6, 6.07) is 0. The van der Waals surface area contributed by atoms with Crippen LogP contribution in [-0.2, 0) is 14.2 Å². The number of hydrogen-bond donors (Lipinski definition) is 0. The van der Waals surface area contributed by atoms with Gasteiger partial charge in [0.05, 0.1) is 32.5 Å². The average molecular weight is 295 g/mol. The van der Waals surface area contributed by atoms with Gasteiger partial charge >= 0.3 is 0 Å². The molecule has 16 heavy (non-hydrogen) atoms. The van der Waals surface area contributed by atoms with Gasteiger partial charge in [0, 0.05) is 17.4 Å². The molecule has 0 heterocycles. The summed E-state index contributed by atoms with van der Waals surface area (Å²) < 4.78 is 16.1. The van der Waals surface area contributed by atoms with Crippen LogP contribution in [0.2, 0.25) is 0 Å². The molecule has 1 aliphatic carbocycles. The third kappa shape index (κ3) is 3.42. The fourth-order valence-electron chi connectivity index (χ4n) is 1.97. The molecule has 0 N–H and O–H groups in total. The molecule has 4 heteroatoms. The van der Waals surface area contributed by atoms with Gasteiger partial charge in [0.15, 0.2) is 0 Å². The topological polar surface area (TPSA) is 27.7 Å². The van der Waals surface area contributed by atoms with Crippen LogP contribution in [0.15, 0.2) is 0 Å². The molecule has 0 aromatic carbocycles. The van der Waals surface area contributed by atoms with E-state index in [1.807, 2.05) is 0 Å². The van der Waals surface area contributed by atoms with Crippen LogP contribution in [0.4, 0.5) is 0 Å². The minimum Gasteiger partial charge on any atom is -0.382 e. The molecule has 1 rings (SSSR count). The van der Waals surface area contributed by atoms with Crippen LogP contribution >= 0.6 is 15.9 Å². The maximum atomic E-state index is 5.84. The van der Waals surface area contributed by atoms with Crippen LogP contribution < -0.4 is 0 Å². The summed E-state index contributed by atoms with van der Waals surface area (Å²) in [5.41, 5.74) is 0.298. The second-order valence-electron chi connectivity index (χ2n) is 4.53. The van der Waals surface area contributed by atoms with Gasteiger partial charge in [-0.1, -0.05) is 29.8 Å². The van der Waals surface area contributed by atoms with Crippen molar-refractivity contribution in [2.75, 3.05) is 33.5 Å². The number of hydrogen-bond acceptors (Lipinski definition) is 3. The Morgan fingerprint density at radius 2 is 1.94 bits per heavy atom. The summed E-state index contributed by atoms with van der Waals surface area (Å²) in [5, 5.41) is 0. The monoisotopic (exact) mass is 294 g/mol. The van der Waals surface area contributed by atoms with Crippen LogP contribution in [0.3, 0.4) is 0 Å². The molecule has 0 bridgehead atoms. The van der Waals surface area contributed by atoms with Crippen LogP contribution in [0.5, 0.6) is 0 Å². The van der Waals surface area contributed by atoms with E-state index in [0.29, 0.717) is 42.8 Å². The number of halogens is 1. The molecule has 3 unspecified atom stereocenters. The van der Waals surface area contributed by atoms with Crippen LogP contribution in [0.1, 0.15) is 26.7 Å². The van der Waals surface area contributed by atoms with Crippen molar-refractivity contribution in [2.24, 2.45) is 5.41 Å². The average Bonchev–Trinajstić information content (AvgIpc) is 2.31. The van der Waals surface area contributed by atoms with E-state index in [-0.39, 0.29) is 0 Å². The first-order valence-corrected chi connectivity index (χ1v) is 6.89. The minimum absolute atomic E-state index is 0.298. The highest BCUT2D eigenvalue weighted by molar-refractivity contribution is 9.09. The van der Waals surface area contributed by atoms with Gasteiger partial charge in [0.25, 0.3) is 0 Å². The normalized spacial score (nSPS) is 33.8. The van der Waals surface area contributed by atoms with Crippen molar-refractivity contribution in [3.63, 3.8) is 0 Å². The highest BCUT2D eigenvalue weighted by Gasteiger charge is 2.49. The largest absolute Gasteiger partial charge is 0.382 e. The molecule has 0 radical (unpaired) electrons. The second kappa shape index (κ2) is 6.94. The van der Waals surface area contributed by atoms with Crippen molar-refractivity contribution in [3.05, 3.63) is 0 Å². The Morgan fingerprint density at radius 3 is 2.50 bits per heavy atom. The smallest absolute Gasteiger partial charge is 0.0704 e. The fraction of sp³-hybridized carbons (Fsp3) is 1.00. The molecule has 0 saturated heterocycles. The van der Waals surface area contributed by atoms with Crippen LogP contribution in [0.25, 0.3) is 0 Å². The van der Waals surface area contributed by atoms with E-state index < -0.39 is 0 Å². The lowest BCUT2D eigenvalue weighted by Gasteiger charge is -2.51. The Labute approximate surface area is 107 Å². The highest BCUT2D eigenvalue weighted by Crippen LogP contribution is 2.49. The first-order chi connectivity index (χ1) is 7.65. The lowest BCUT2D eigenvalue weighted by molar-refractivity contribution is -0.109. The molecular formula is C12H23BrO3. The van der Waals surface area contributed by atoms with Gasteiger partial charge in [0.2, 0.25) is 0 Å². The molecule has 0 amide bonds. The first kappa shape index (κ1) is 14.4. The summed E-state index contributed by atoms with van der Waals surface area (Å²) in [7, 11) is 1.68. The molecule has 1 aliphatic rings. The molecule has 1 fully saturated rings. The van der Waals surface area contributed by atoms with E-state index >= 15 is 0 Å². The van der Waals surface area contributed by atoms with E-state index in [1.165, 1.54) is 0 Å². The Balaban J connectivity index is 2.06. The van der Waals surface area contributed by atoms with Gasteiger partial charge in [-0.2, -0.15) is 0 Å². The van der Waals surface area contributed by atoms with Crippen molar-refractivity contribution in [2.45, 2.75) is 37.6 Å². The SMILES string of the molecule is CCC1(C)C(Br)CC1OCCOCCOC. The van der Waals surface area contributed by atoms with Crippen LogP contribution in [0, 0.1) is 5.41 Å². The fourth-order valence-corrected chi connectivity index (χ4v) is 2.93. The van der Waals surface area contributed by atoms with E-state index in [9.17, 15) is 0 Å². The Morgan fingerprint density at radius 1 is 1.25 bits per heavy atom. The summed E-state index contributed by atoms with van der Waals surface area (Å²) in [5.74, 6) is 0. The summed E-state index contributed by atoms with van der Waals surface area (Å²) >= 11 is 3.70. The van der Waals surface area contributed by atoms with Gasteiger partial charge < -0.3 is 14.2 Å². The number of ether oxygens (including phenoxy) is 3. The third-order valence-electron chi connectivity index (χ3n) is 3.61. The van der Waals surface area contributed by atoms with Gasteiger partial charge in [-0.05, 0) is 12.8 Å². The quantitative estimate of drug-likeness (QED) is 0.509. The van der Waals surface area contributed by atoms with Gasteiger partial charge in [-0.15, -0.1) is 0 Å². The van der Waals surface area contributed by atoms with E-state index in [4.69, 9.17) is 14.2 Å². The van der Waals surface area contributed by atoms with E-state index in [1.54, 1.807) is 7.11 Å². The van der Waals surface area contributed by atoms with E-state index in [2.05, 4.69) is 29.8 Å². The van der Waals surface area contributed by atoms with Gasteiger partial charge in [-0.25, -0.2) is 0 Å². The van der Waals surface area contributed by atoms with Gasteiger partial charge in [0.1, 0.15) is 0 Å². The molecule has 0 aliphatic heterocycles. The number of alkyl halides is 1. The zero-order valence-electron chi connectivity index (χ0n) is 10.5. The summed E-state index contributed by atoms with van der Waals surface area (Å²) in [6.07, 6.45) is 2.65. The lowest BCUT2D eigenvalue weighted by atomic mass is 9.66. The second-order valence-corrected chi connectivity index (χ2v) is 5.63. The predicted molar refractivity (Wildman–Crippen MR) is 68.2 cm³/mol. The predicted octanol–water partition coefficient (Wildman–Crippen LogP) is 2.62. The Bertz CT molecular complexity index is 201. The van der Waals surface area contributed by atoms with Crippen LogP contribution in [-0.4, -0.2) is 44.5 Å². The standard InChI is InChI=1S/C12H23BrO3/c1-4-12(2)10(13)9-11(12)16-8-7-15-6-5-14-3/h10-11H,4-9H2,1-3H3. The summed E-state index contributed by atoms with van der Waals surface area (Å²) in [4.78, 5) is 0.601. The maximum Gasteiger partial charge on any atom is 0.0704 e. The van der Waals surface area contributed by atoms with Crippen molar-refractivity contribution in [1.82, 2.24) is 0 Å². The van der Waals surface area contributed by atoms with Crippen molar-refractivity contribution < 1.29 is 14.2 Å².